The number of hydrogen-bond acceptors (Lipinski definition) is 4. The fourth-order valence-electron chi connectivity index (χ4n) is 2.64. The number of amides is 1. The standard InChI is InChI=1S/C16H24ClN3O2/c1-16(2,3)22-15(21)19-11-6-5-9-20(10-11)14-12(17)7-4-8-13(14)18/h4,7-8,11H,5-6,9-10,18H2,1-3H3,(H,19,21)/t11-/m1/s1. The lowest BCUT2D eigenvalue weighted by Crippen LogP contribution is -2.49. The maximum atomic E-state index is 11.9. The number of halogens is 1. The average molecular weight is 326 g/mol. The smallest absolute Gasteiger partial charge is 0.407 e. The molecule has 1 amide bonds. The van der Waals surface area contributed by atoms with Crippen LogP contribution in [0.25, 0.3) is 0 Å². The van der Waals surface area contributed by atoms with E-state index in [0.29, 0.717) is 17.3 Å². The first-order valence-electron chi connectivity index (χ1n) is 7.55. The quantitative estimate of drug-likeness (QED) is 0.818. The lowest BCUT2D eigenvalue weighted by Gasteiger charge is -2.36. The van der Waals surface area contributed by atoms with E-state index in [4.69, 9.17) is 22.1 Å². The van der Waals surface area contributed by atoms with Crippen LogP contribution in [-0.2, 0) is 4.74 Å². The number of nitrogens with zero attached hydrogens (tertiary/aromatic N) is 1. The summed E-state index contributed by atoms with van der Waals surface area (Å²) in [5, 5.41) is 3.56. The number of para-hydroxylation sites is 1. The van der Waals surface area contributed by atoms with Gasteiger partial charge in [0.2, 0.25) is 0 Å². The summed E-state index contributed by atoms with van der Waals surface area (Å²) in [6, 6.07) is 5.53. The molecule has 1 aliphatic rings. The van der Waals surface area contributed by atoms with E-state index in [1.54, 1.807) is 0 Å². The van der Waals surface area contributed by atoms with Gasteiger partial charge in [-0.15, -0.1) is 0 Å². The molecular weight excluding hydrogens is 302 g/mol. The predicted octanol–water partition coefficient (Wildman–Crippen LogP) is 3.42. The van der Waals surface area contributed by atoms with Gasteiger partial charge in [-0.1, -0.05) is 17.7 Å². The van der Waals surface area contributed by atoms with E-state index in [0.717, 1.165) is 25.1 Å². The second-order valence-corrected chi connectivity index (χ2v) is 7.02. The summed E-state index contributed by atoms with van der Waals surface area (Å²) >= 11 is 6.27. The SMILES string of the molecule is CC(C)(C)OC(=O)N[C@@H]1CCCN(c2c(N)cccc2Cl)C1. The molecule has 6 heteroatoms. The number of rotatable bonds is 2. The Labute approximate surface area is 136 Å². The Balaban J connectivity index is 2.02. The Morgan fingerprint density at radius 3 is 2.82 bits per heavy atom. The highest BCUT2D eigenvalue weighted by Crippen LogP contribution is 2.33. The molecule has 1 aliphatic heterocycles. The second kappa shape index (κ2) is 6.65. The summed E-state index contributed by atoms with van der Waals surface area (Å²) in [4.78, 5) is 14.0. The zero-order valence-corrected chi connectivity index (χ0v) is 14.1. The predicted molar refractivity (Wildman–Crippen MR) is 90.5 cm³/mol. The van der Waals surface area contributed by atoms with E-state index in [1.165, 1.54) is 0 Å². The number of nitrogens with one attached hydrogen (secondary N) is 1. The molecule has 0 spiro atoms. The van der Waals surface area contributed by atoms with E-state index >= 15 is 0 Å². The topological polar surface area (TPSA) is 67.6 Å². The van der Waals surface area contributed by atoms with Gasteiger partial charge in [-0.2, -0.15) is 0 Å². The van der Waals surface area contributed by atoms with Crippen LogP contribution in [0.3, 0.4) is 0 Å². The summed E-state index contributed by atoms with van der Waals surface area (Å²) in [5.74, 6) is 0. The minimum absolute atomic E-state index is 0.0271. The van der Waals surface area contributed by atoms with Crippen LogP contribution in [0, 0.1) is 0 Å². The summed E-state index contributed by atoms with van der Waals surface area (Å²) in [5.41, 5.74) is 7.05. The van der Waals surface area contributed by atoms with Gasteiger partial charge in [0.25, 0.3) is 0 Å². The number of ether oxygens (including phenoxy) is 1. The number of alkyl carbamates (subject to hydrolysis) is 1. The maximum absolute atomic E-state index is 11.9. The van der Waals surface area contributed by atoms with Crippen molar-refractivity contribution < 1.29 is 9.53 Å². The number of carbonyl (C=O) groups is 1. The fraction of sp³-hybridized carbons (Fsp3) is 0.562. The summed E-state index contributed by atoms with van der Waals surface area (Å²) in [6.07, 6.45) is 1.50. The van der Waals surface area contributed by atoms with Gasteiger partial charge in [-0.3, -0.25) is 0 Å². The highest BCUT2D eigenvalue weighted by molar-refractivity contribution is 6.34. The lowest BCUT2D eigenvalue weighted by atomic mass is 10.0. The largest absolute Gasteiger partial charge is 0.444 e. The number of carbonyl (C=O) groups excluding carboxylic acids is 1. The van der Waals surface area contributed by atoms with E-state index in [1.807, 2.05) is 39.0 Å². The number of hydrogen-bond donors (Lipinski definition) is 2. The summed E-state index contributed by atoms with van der Waals surface area (Å²) < 4.78 is 5.31. The van der Waals surface area contributed by atoms with Gasteiger partial charge in [0.15, 0.2) is 0 Å². The molecule has 1 fully saturated rings. The molecule has 1 saturated heterocycles. The molecule has 5 nitrogen and oxygen atoms in total. The number of benzene rings is 1. The van der Waals surface area contributed by atoms with E-state index in [-0.39, 0.29) is 12.1 Å². The van der Waals surface area contributed by atoms with Crippen LogP contribution < -0.4 is 16.0 Å². The first kappa shape index (κ1) is 16.7. The molecule has 0 unspecified atom stereocenters. The van der Waals surface area contributed by atoms with Crippen LogP contribution >= 0.6 is 11.6 Å². The van der Waals surface area contributed by atoms with Gasteiger partial charge < -0.3 is 20.7 Å². The number of nitrogen functional groups attached to an aromatic ring is 1. The van der Waals surface area contributed by atoms with Gasteiger partial charge in [0, 0.05) is 19.1 Å². The van der Waals surface area contributed by atoms with Crippen molar-refractivity contribution in [2.45, 2.75) is 45.3 Å². The van der Waals surface area contributed by atoms with Gasteiger partial charge in [0.1, 0.15) is 5.60 Å². The summed E-state index contributed by atoms with van der Waals surface area (Å²) in [6.45, 7) is 7.10. The first-order chi connectivity index (χ1) is 10.3. The molecule has 0 saturated carbocycles. The molecule has 0 aliphatic carbocycles. The van der Waals surface area contributed by atoms with Crippen molar-refractivity contribution in [1.29, 1.82) is 0 Å². The van der Waals surface area contributed by atoms with Crippen LogP contribution in [-0.4, -0.2) is 30.8 Å². The Hall–Kier alpha value is -1.62. The van der Waals surface area contributed by atoms with Crippen LogP contribution in [0.2, 0.25) is 5.02 Å². The molecule has 1 heterocycles. The third-order valence-electron chi connectivity index (χ3n) is 3.48. The van der Waals surface area contributed by atoms with Crippen molar-refractivity contribution in [1.82, 2.24) is 5.32 Å². The van der Waals surface area contributed by atoms with Gasteiger partial charge in [-0.05, 0) is 45.7 Å². The molecule has 0 aromatic heterocycles. The van der Waals surface area contributed by atoms with Crippen LogP contribution in [0.5, 0.6) is 0 Å². The van der Waals surface area contributed by atoms with E-state index in [2.05, 4.69) is 10.2 Å². The van der Waals surface area contributed by atoms with Crippen molar-refractivity contribution >= 4 is 29.1 Å². The molecule has 0 radical (unpaired) electrons. The normalized spacial score (nSPS) is 18.9. The van der Waals surface area contributed by atoms with Crippen molar-refractivity contribution in [3.8, 4) is 0 Å². The lowest BCUT2D eigenvalue weighted by molar-refractivity contribution is 0.0500. The maximum Gasteiger partial charge on any atom is 0.407 e. The van der Waals surface area contributed by atoms with Crippen molar-refractivity contribution in [3.63, 3.8) is 0 Å². The van der Waals surface area contributed by atoms with Crippen molar-refractivity contribution in [3.05, 3.63) is 23.2 Å². The molecular formula is C16H24ClN3O2. The third kappa shape index (κ3) is 4.44. The molecule has 0 bridgehead atoms. The van der Waals surface area contributed by atoms with E-state index < -0.39 is 5.60 Å². The van der Waals surface area contributed by atoms with Gasteiger partial charge >= 0.3 is 6.09 Å². The molecule has 122 valence electrons. The van der Waals surface area contributed by atoms with Crippen molar-refractivity contribution in [2.75, 3.05) is 23.7 Å². The van der Waals surface area contributed by atoms with E-state index in [9.17, 15) is 4.79 Å². The van der Waals surface area contributed by atoms with Gasteiger partial charge in [0.05, 0.1) is 16.4 Å². The fourth-order valence-corrected chi connectivity index (χ4v) is 2.94. The molecule has 1 aromatic carbocycles. The molecule has 22 heavy (non-hydrogen) atoms. The number of anilines is 2. The van der Waals surface area contributed by atoms with Crippen LogP contribution in [0.4, 0.5) is 16.2 Å². The summed E-state index contributed by atoms with van der Waals surface area (Å²) in [7, 11) is 0. The monoisotopic (exact) mass is 325 g/mol. The second-order valence-electron chi connectivity index (χ2n) is 6.61. The highest BCUT2D eigenvalue weighted by atomic mass is 35.5. The molecule has 1 atom stereocenters. The highest BCUT2D eigenvalue weighted by Gasteiger charge is 2.26. The first-order valence-corrected chi connectivity index (χ1v) is 7.92. The van der Waals surface area contributed by atoms with Crippen LogP contribution in [0.1, 0.15) is 33.6 Å². The van der Waals surface area contributed by atoms with Crippen molar-refractivity contribution in [2.24, 2.45) is 0 Å². The number of piperidine rings is 1. The minimum atomic E-state index is -0.494. The minimum Gasteiger partial charge on any atom is -0.444 e. The molecule has 3 N–H and O–H groups in total. The Morgan fingerprint density at radius 1 is 1.45 bits per heavy atom. The Morgan fingerprint density at radius 2 is 2.18 bits per heavy atom. The Kier molecular flexibility index (Phi) is 5.06. The number of nitrogens with two attached hydrogens (primary N) is 1. The Bertz CT molecular complexity index is 522. The average Bonchev–Trinajstić information content (AvgIpc) is 2.36. The molecule has 1 aromatic rings. The zero-order valence-electron chi connectivity index (χ0n) is 13.4. The molecule has 2 rings (SSSR count). The van der Waals surface area contributed by atoms with Crippen LogP contribution in [0.15, 0.2) is 18.2 Å². The third-order valence-corrected chi connectivity index (χ3v) is 3.78. The zero-order chi connectivity index (χ0) is 16.3. The van der Waals surface area contributed by atoms with Gasteiger partial charge in [-0.25, -0.2) is 4.79 Å².